The molecule has 22 heavy (non-hydrogen) atoms. The minimum Gasteiger partial charge on any atom is -1.00 e. The van der Waals surface area contributed by atoms with Crippen LogP contribution in [-0.2, 0) is 4.74 Å². The molecule has 0 spiro atoms. The maximum Gasteiger partial charge on any atom is 1.00 e. The van der Waals surface area contributed by atoms with Crippen LogP contribution in [-0.4, -0.2) is 67.8 Å². The SMILES string of the molecule is CCCCCCCC[C@@]1(O)O[C@H](CO)[C@@H](O)[C@H](O)[C@H]1O.O.[H-].[Na+]. The second-order valence-electron chi connectivity index (χ2n) is 5.63. The van der Waals surface area contributed by atoms with Crippen molar-refractivity contribution in [1.29, 1.82) is 0 Å². The Morgan fingerprint density at radius 1 is 1.00 bits per heavy atom. The summed E-state index contributed by atoms with van der Waals surface area (Å²) in [6.45, 7) is 1.61. The first-order chi connectivity index (χ1) is 9.46. The molecule has 0 aliphatic carbocycles. The van der Waals surface area contributed by atoms with Gasteiger partial charge >= 0.3 is 29.6 Å². The third-order valence-electron chi connectivity index (χ3n) is 3.94. The van der Waals surface area contributed by atoms with Crippen molar-refractivity contribution in [2.24, 2.45) is 0 Å². The molecule has 0 radical (unpaired) electrons. The molecule has 7 nitrogen and oxygen atoms in total. The molecule has 1 aliphatic rings. The maximum absolute atomic E-state index is 10.3. The Hall–Kier alpha value is 0.720. The molecule has 1 heterocycles. The molecule has 8 heteroatoms. The smallest absolute Gasteiger partial charge is 1.00 e. The summed E-state index contributed by atoms with van der Waals surface area (Å²) in [7, 11) is 0. The molecule has 0 aromatic carbocycles. The number of rotatable bonds is 8. The fraction of sp³-hybridized carbons (Fsp3) is 1.00. The van der Waals surface area contributed by atoms with Gasteiger partial charge < -0.3 is 37.2 Å². The molecule has 0 aromatic heterocycles. The zero-order valence-electron chi connectivity index (χ0n) is 14.6. The molecule has 1 saturated heterocycles. The quantitative estimate of drug-likeness (QED) is 0.228. The Balaban J connectivity index is -0.00000133. The van der Waals surface area contributed by atoms with Crippen molar-refractivity contribution in [3.8, 4) is 0 Å². The average molecular weight is 334 g/mol. The largest absolute Gasteiger partial charge is 1.00 e. The van der Waals surface area contributed by atoms with Crippen LogP contribution in [0.25, 0.3) is 0 Å². The van der Waals surface area contributed by atoms with E-state index in [1.165, 1.54) is 6.42 Å². The third kappa shape index (κ3) is 6.68. The van der Waals surface area contributed by atoms with Crippen molar-refractivity contribution in [3.63, 3.8) is 0 Å². The fourth-order valence-corrected chi connectivity index (χ4v) is 2.59. The van der Waals surface area contributed by atoms with Crippen LogP contribution in [0.3, 0.4) is 0 Å². The summed E-state index contributed by atoms with van der Waals surface area (Å²) in [5.74, 6) is -1.91. The molecule has 0 saturated carbocycles. The number of aliphatic hydroxyl groups is 5. The van der Waals surface area contributed by atoms with E-state index < -0.39 is 36.8 Å². The van der Waals surface area contributed by atoms with Gasteiger partial charge in [0, 0.05) is 6.42 Å². The van der Waals surface area contributed by atoms with Gasteiger partial charge in [-0.15, -0.1) is 0 Å². The number of ether oxygens (including phenoxy) is 1. The number of hydrogen-bond donors (Lipinski definition) is 5. The Morgan fingerprint density at radius 3 is 2.09 bits per heavy atom. The van der Waals surface area contributed by atoms with Crippen molar-refractivity contribution in [2.75, 3.05) is 6.61 Å². The number of hydrogen-bond acceptors (Lipinski definition) is 6. The van der Waals surface area contributed by atoms with Gasteiger partial charge in [-0.05, 0) is 6.42 Å². The van der Waals surface area contributed by atoms with E-state index in [1.54, 1.807) is 0 Å². The Bertz CT molecular complexity index is 286. The summed E-state index contributed by atoms with van der Waals surface area (Å²) in [6.07, 6.45) is 0.669. The minimum atomic E-state index is -1.91. The van der Waals surface area contributed by atoms with Crippen molar-refractivity contribution < 1.29 is 66.7 Å². The van der Waals surface area contributed by atoms with Crippen LogP contribution in [0, 0.1) is 0 Å². The first-order valence-corrected chi connectivity index (χ1v) is 7.51. The molecule has 1 rings (SSSR count). The molecule has 0 unspecified atom stereocenters. The van der Waals surface area contributed by atoms with Gasteiger partial charge in [0.15, 0.2) is 5.79 Å². The van der Waals surface area contributed by atoms with Crippen molar-refractivity contribution in [1.82, 2.24) is 0 Å². The second-order valence-corrected chi connectivity index (χ2v) is 5.63. The van der Waals surface area contributed by atoms with E-state index in [9.17, 15) is 20.4 Å². The van der Waals surface area contributed by atoms with E-state index in [0.717, 1.165) is 25.7 Å². The van der Waals surface area contributed by atoms with E-state index in [0.29, 0.717) is 6.42 Å². The van der Waals surface area contributed by atoms with Gasteiger partial charge in [0.2, 0.25) is 0 Å². The first kappa shape index (κ1) is 25.0. The van der Waals surface area contributed by atoms with E-state index >= 15 is 0 Å². The van der Waals surface area contributed by atoms with Gasteiger partial charge in [-0.1, -0.05) is 39.0 Å². The normalized spacial score (nSPS) is 34.6. The van der Waals surface area contributed by atoms with Crippen LogP contribution >= 0.6 is 0 Å². The molecule has 1 fully saturated rings. The fourth-order valence-electron chi connectivity index (χ4n) is 2.59. The molecule has 0 bridgehead atoms. The minimum absolute atomic E-state index is 0. The van der Waals surface area contributed by atoms with Crippen LogP contribution in [0.2, 0.25) is 0 Å². The van der Waals surface area contributed by atoms with Gasteiger partial charge in [-0.25, -0.2) is 0 Å². The van der Waals surface area contributed by atoms with Crippen molar-refractivity contribution in [2.45, 2.75) is 82.1 Å². The van der Waals surface area contributed by atoms with Crippen LogP contribution in [0.5, 0.6) is 0 Å². The summed E-state index contributed by atoms with van der Waals surface area (Å²) in [6, 6.07) is 0. The summed E-state index contributed by atoms with van der Waals surface area (Å²) in [4.78, 5) is 0. The van der Waals surface area contributed by atoms with Crippen LogP contribution in [0.1, 0.15) is 53.3 Å². The molecular weight excluding hydrogens is 303 g/mol. The van der Waals surface area contributed by atoms with Gasteiger partial charge in [0.05, 0.1) is 6.61 Å². The Labute approximate surface area is 155 Å². The molecular formula is C14H31NaO7. The molecule has 5 atom stereocenters. The zero-order chi connectivity index (χ0) is 15.2. The number of unbranched alkanes of at least 4 members (excludes halogenated alkanes) is 5. The third-order valence-corrected chi connectivity index (χ3v) is 3.94. The van der Waals surface area contributed by atoms with Gasteiger partial charge in [-0.3, -0.25) is 0 Å². The standard InChI is InChI=1S/C14H28O6.Na.H2O.H/c1-2-3-4-5-6-7-8-14(19)13(18)12(17)11(16)10(9-15)20-14;;;/h10-13,15-19H,2-9H2,1H3;;1H2;/q;+1;;-1/t10-,11-,12+,13-,14-;;;/m1.../s1. The molecule has 0 aromatic rings. The second kappa shape index (κ2) is 12.1. The summed E-state index contributed by atoms with van der Waals surface area (Å²) in [5.41, 5.74) is 0. The zero-order valence-corrected chi connectivity index (χ0v) is 15.6. The predicted octanol–water partition coefficient (Wildman–Crippen LogP) is -3.81. The van der Waals surface area contributed by atoms with Gasteiger partial charge in [-0.2, -0.15) is 0 Å². The monoisotopic (exact) mass is 334 g/mol. The van der Waals surface area contributed by atoms with Gasteiger partial charge in [0.25, 0.3) is 0 Å². The topological polar surface area (TPSA) is 142 Å². The number of aliphatic hydroxyl groups excluding tert-OH is 4. The van der Waals surface area contributed by atoms with Gasteiger partial charge in [0.1, 0.15) is 24.4 Å². The van der Waals surface area contributed by atoms with E-state index in [4.69, 9.17) is 9.84 Å². The summed E-state index contributed by atoms with van der Waals surface area (Å²) < 4.78 is 5.19. The van der Waals surface area contributed by atoms with Crippen LogP contribution in [0.15, 0.2) is 0 Å². The average Bonchev–Trinajstić information content (AvgIpc) is 2.45. The maximum atomic E-state index is 10.3. The van der Waals surface area contributed by atoms with Crippen molar-refractivity contribution >= 4 is 0 Å². The Kier molecular flexibility index (Phi) is 13.8. The van der Waals surface area contributed by atoms with Crippen molar-refractivity contribution in [3.05, 3.63) is 0 Å². The molecule has 130 valence electrons. The van der Waals surface area contributed by atoms with E-state index in [-0.39, 0.29) is 42.9 Å². The molecule has 7 N–H and O–H groups in total. The molecule has 0 amide bonds. The molecule has 1 aliphatic heterocycles. The first-order valence-electron chi connectivity index (χ1n) is 7.51. The van der Waals surface area contributed by atoms with Crippen LogP contribution in [0.4, 0.5) is 0 Å². The predicted molar refractivity (Wildman–Crippen MR) is 77.6 cm³/mol. The summed E-state index contributed by atoms with van der Waals surface area (Å²) in [5, 5.41) is 48.5. The van der Waals surface area contributed by atoms with E-state index in [2.05, 4.69) is 6.92 Å². The van der Waals surface area contributed by atoms with Crippen LogP contribution < -0.4 is 29.6 Å². The van der Waals surface area contributed by atoms with E-state index in [1.807, 2.05) is 0 Å². The summed E-state index contributed by atoms with van der Waals surface area (Å²) >= 11 is 0. The Morgan fingerprint density at radius 2 is 1.55 bits per heavy atom.